The third-order valence-corrected chi connectivity index (χ3v) is 10.8. The summed E-state index contributed by atoms with van der Waals surface area (Å²) in [7, 11) is 0. The molecule has 3 aliphatic heterocycles. The van der Waals surface area contributed by atoms with Crippen LogP contribution in [-0.4, -0.2) is 88.1 Å². The molecule has 2 N–H and O–H groups in total. The maximum atomic E-state index is 14.7. The van der Waals surface area contributed by atoms with Crippen molar-refractivity contribution in [2.45, 2.75) is 120 Å². The van der Waals surface area contributed by atoms with Gasteiger partial charge in [-0.15, -0.1) is 13.2 Å². The fraction of sp³-hybridized carbons (Fsp3) is 0.632. The second kappa shape index (κ2) is 16.3. The van der Waals surface area contributed by atoms with Crippen molar-refractivity contribution in [1.82, 2.24) is 15.1 Å². The van der Waals surface area contributed by atoms with E-state index in [9.17, 15) is 24.3 Å². The van der Waals surface area contributed by atoms with E-state index in [1.165, 1.54) is 0 Å². The second-order valence-corrected chi connectivity index (χ2v) is 13.9. The number of fused-ring (bicyclic) bond motifs is 1. The number of carbonyl (C=O) groups excluding carboxylic acids is 4. The summed E-state index contributed by atoms with van der Waals surface area (Å²) in [5, 5.41) is 12.3. The summed E-state index contributed by atoms with van der Waals surface area (Å²) in [6.45, 7) is 10.2. The lowest BCUT2D eigenvalue weighted by Gasteiger charge is -2.40. The third-order valence-electron chi connectivity index (χ3n) is 10.8. The van der Waals surface area contributed by atoms with Gasteiger partial charge in [-0.3, -0.25) is 19.2 Å². The van der Waals surface area contributed by atoms with Crippen LogP contribution in [0.2, 0.25) is 0 Å². The molecular weight excluding hydrogens is 610 g/mol. The van der Waals surface area contributed by atoms with E-state index < -0.39 is 47.7 Å². The summed E-state index contributed by atoms with van der Waals surface area (Å²) >= 11 is 0. The first kappa shape index (κ1) is 35.8. The van der Waals surface area contributed by atoms with E-state index in [0.29, 0.717) is 51.6 Å². The van der Waals surface area contributed by atoms with Crippen LogP contribution in [0.25, 0.3) is 0 Å². The van der Waals surface area contributed by atoms with Gasteiger partial charge in [-0.1, -0.05) is 61.7 Å². The van der Waals surface area contributed by atoms with E-state index in [1.807, 2.05) is 35.2 Å². The molecule has 262 valence electrons. The Labute approximate surface area is 284 Å². The highest BCUT2D eigenvalue weighted by Crippen LogP contribution is 2.59. The van der Waals surface area contributed by atoms with E-state index in [0.717, 1.165) is 37.7 Å². The summed E-state index contributed by atoms with van der Waals surface area (Å²) in [5.74, 6) is -2.82. The smallest absolute Gasteiger partial charge is 0.313 e. The number of aliphatic hydroxyl groups is 1. The van der Waals surface area contributed by atoms with E-state index >= 15 is 0 Å². The van der Waals surface area contributed by atoms with Gasteiger partial charge in [-0.05, 0) is 63.9 Å². The maximum absolute atomic E-state index is 14.7. The van der Waals surface area contributed by atoms with Crippen LogP contribution in [0.5, 0.6) is 0 Å². The van der Waals surface area contributed by atoms with Crippen molar-refractivity contribution in [3.05, 3.63) is 61.2 Å². The average Bonchev–Trinajstić information content (AvgIpc) is 3.74. The van der Waals surface area contributed by atoms with Crippen LogP contribution in [0.15, 0.2) is 55.6 Å². The molecule has 1 aromatic carbocycles. The molecule has 0 aromatic heterocycles. The SMILES string of the molecule is C=CCCC(=O)N[C@H](C)[C@@H](OC(=O)[C@@H]1[C@H]2C(=O)N(CCCCCO)[C@H](C(=O)N(CC=C)C3CCCCC3)[C@]23CC[C@H]1O3)c1ccccc1. The van der Waals surface area contributed by atoms with Crippen LogP contribution >= 0.6 is 0 Å². The minimum Gasteiger partial charge on any atom is -0.455 e. The standard InChI is InChI=1S/C38H53N3O7/c1-4-6-20-30(43)39-26(3)33(27-16-10-7-11-17-27)47-37(46)31-29-21-22-38(48-29)32(31)35(44)41(24-14-9-15-25-42)34(38)36(45)40(23-5-2)28-18-12-8-13-19-28/h4-5,7,10-11,16-17,26,28-29,31-34,42H,1-2,6,8-9,12-15,18-25H2,3H3,(H,39,43)/t26-,29-,31+,32+,33-,34-,38+/m1/s1. The summed E-state index contributed by atoms with van der Waals surface area (Å²) in [5.41, 5.74) is -0.398. The van der Waals surface area contributed by atoms with Gasteiger partial charge in [0.15, 0.2) is 0 Å². The monoisotopic (exact) mass is 663 g/mol. The zero-order valence-corrected chi connectivity index (χ0v) is 28.4. The molecule has 1 aromatic rings. The number of amides is 3. The lowest BCUT2D eigenvalue weighted by molar-refractivity contribution is -0.162. The first-order valence-corrected chi connectivity index (χ1v) is 17.9. The molecule has 3 amide bonds. The molecule has 3 saturated heterocycles. The summed E-state index contributed by atoms with van der Waals surface area (Å²) in [6.07, 6.45) is 11.0. The van der Waals surface area contributed by atoms with Gasteiger partial charge in [0.25, 0.3) is 0 Å². The molecule has 4 aliphatic rings. The number of esters is 1. The van der Waals surface area contributed by atoms with Crippen LogP contribution in [0.1, 0.15) is 95.6 Å². The summed E-state index contributed by atoms with van der Waals surface area (Å²) in [6, 6.07) is 7.97. The highest BCUT2D eigenvalue weighted by molar-refractivity contribution is 5.98. The Morgan fingerprint density at radius 3 is 2.54 bits per heavy atom. The molecule has 0 radical (unpaired) electrons. The Balaban J connectivity index is 1.44. The number of nitrogens with one attached hydrogen (secondary N) is 1. The molecule has 48 heavy (non-hydrogen) atoms. The molecular formula is C38H53N3O7. The number of unbranched alkanes of at least 4 members (excludes halogenated alkanes) is 2. The Morgan fingerprint density at radius 1 is 1.10 bits per heavy atom. The minimum atomic E-state index is -1.12. The number of benzene rings is 1. The molecule has 4 fully saturated rings. The van der Waals surface area contributed by atoms with Crippen molar-refractivity contribution < 1.29 is 33.8 Å². The molecule has 3 heterocycles. The van der Waals surface area contributed by atoms with E-state index in [-0.39, 0.29) is 36.8 Å². The molecule has 5 rings (SSSR count). The molecule has 1 aliphatic carbocycles. The normalized spacial score (nSPS) is 27.6. The number of likely N-dealkylation sites (tertiary alicyclic amines) is 1. The quantitative estimate of drug-likeness (QED) is 0.142. The Hall–Kier alpha value is -3.50. The first-order valence-electron chi connectivity index (χ1n) is 17.9. The molecule has 0 unspecified atom stereocenters. The van der Waals surface area contributed by atoms with E-state index in [1.54, 1.807) is 24.0 Å². The fourth-order valence-electron chi connectivity index (χ4n) is 8.56. The van der Waals surface area contributed by atoms with Crippen LogP contribution in [0.4, 0.5) is 0 Å². The van der Waals surface area contributed by atoms with E-state index in [4.69, 9.17) is 9.47 Å². The number of rotatable bonds is 17. The minimum absolute atomic E-state index is 0.0616. The van der Waals surface area contributed by atoms with Gasteiger partial charge in [0.05, 0.1) is 24.0 Å². The van der Waals surface area contributed by atoms with Gasteiger partial charge in [-0.2, -0.15) is 0 Å². The van der Waals surface area contributed by atoms with Crippen molar-refractivity contribution >= 4 is 23.7 Å². The van der Waals surface area contributed by atoms with Gasteiger partial charge in [0, 0.05) is 32.2 Å². The third kappa shape index (κ3) is 7.25. The predicted octanol–water partition coefficient (Wildman–Crippen LogP) is 4.63. The zero-order valence-electron chi connectivity index (χ0n) is 28.4. The van der Waals surface area contributed by atoms with Gasteiger partial charge < -0.3 is 29.7 Å². The topological polar surface area (TPSA) is 125 Å². The Morgan fingerprint density at radius 2 is 1.85 bits per heavy atom. The van der Waals surface area contributed by atoms with Crippen molar-refractivity contribution in [3.63, 3.8) is 0 Å². The molecule has 7 atom stereocenters. The second-order valence-electron chi connectivity index (χ2n) is 13.9. The van der Waals surface area contributed by atoms with Gasteiger partial charge in [-0.25, -0.2) is 0 Å². The number of allylic oxidation sites excluding steroid dienone is 1. The Bertz CT molecular complexity index is 1310. The van der Waals surface area contributed by atoms with Crippen LogP contribution < -0.4 is 5.32 Å². The summed E-state index contributed by atoms with van der Waals surface area (Å²) in [4.78, 5) is 59.7. The number of ether oxygens (including phenoxy) is 2. The number of nitrogens with zero attached hydrogens (tertiary/aromatic N) is 2. The molecule has 2 bridgehead atoms. The van der Waals surface area contributed by atoms with Crippen LogP contribution in [0.3, 0.4) is 0 Å². The highest BCUT2D eigenvalue weighted by atomic mass is 16.6. The van der Waals surface area contributed by atoms with Crippen molar-refractivity contribution in [1.29, 1.82) is 0 Å². The Kier molecular flexibility index (Phi) is 12.1. The highest BCUT2D eigenvalue weighted by Gasteiger charge is 2.75. The molecule has 1 spiro atoms. The molecule has 10 nitrogen and oxygen atoms in total. The lowest BCUT2D eigenvalue weighted by atomic mass is 9.70. The number of carbonyl (C=O) groups is 4. The lowest BCUT2D eigenvalue weighted by Crippen LogP contribution is -2.58. The van der Waals surface area contributed by atoms with Crippen molar-refractivity contribution in [2.24, 2.45) is 11.8 Å². The number of aliphatic hydroxyl groups excluding tert-OH is 1. The molecule has 10 heteroatoms. The van der Waals surface area contributed by atoms with Crippen molar-refractivity contribution in [2.75, 3.05) is 19.7 Å². The van der Waals surface area contributed by atoms with Gasteiger partial charge in [0.2, 0.25) is 17.7 Å². The number of hydrogen-bond acceptors (Lipinski definition) is 7. The fourth-order valence-corrected chi connectivity index (χ4v) is 8.56. The first-order chi connectivity index (χ1) is 23.3. The predicted molar refractivity (Wildman–Crippen MR) is 181 cm³/mol. The summed E-state index contributed by atoms with van der Waals surface area (Å²) < 4.78 is 13.0. The van der Waals surface area contributed by atoms with Gasteiger partial charge in [0.1, 0.15) is 17.7 Å². The largest absolute Gasteiger partial charge is 0.455 e. The van der Waals surface area contributed by atoms with Gasteiger partial charge >= 0.3 is 5.97 Å². The van der Waals surface area contributed by atoms with Crippen LogP contribution in [-0.2, 0) is 28.7 Å². The van der Waals surface area contributed by atoms with E-state index in [2.05, 4.69) is 18.5 Å². The van der Waals surface area contributed by atoms with Crippen molar-refractivity contribution in [3.8, 4) is 0 Å². The zero-order chi connectivity index (χ0) is 34.3. The molecule has 1 saturated carbocycles. The number of hydrogen-bond donors (Lipinski definition) is 2. The maximum Gasteiger partial charge on any atom is 0.313 e. The average molecular weight is 664 g/mol. The van der Waals surface area contributed by atoms with Crippen LogP contribution in [0, 0.1) is 11.8 Å².